The highest BCUT2D eigenvalue weighted by atomic mass is 16.7. The molecule has 0 atom stereocenters. The van der Waals surface area contributed by atoms with Crippen molar-refractivity contribution in [1.82, 2.24) is 15.0 Å². The second-order valence-electron chi connectivity index (χ2n) is 3.37. The fraction of sp³-hybridized carbons (Fsp3) is 0.100. The third-order valence-corrected chi connectivity index (χ3v) is 2.37. The molecule has 86 valence electrons. The summed E-state index contributed by atoms with van der Waals surface area (Å²) < 4.78 is 11.6. The number of hydrogen-bond donors (Lipinski definition) is 1. The highest BCUT2D eigenvalue weighted by Crippen LogP contribution is 2.33. The second kappa shape index (κ2) is 3.48. The van der Waals surface area contributed by atoms with Gasteiger partial charge in [-0.1, -0.05) is 5.21 Å². The monoisotopic (exact) mass is 233 g/mol. The molecule has 0 radical (unpaired) electrons. The van der Waals surface area contributed by atoms with Gasteiger partial charge in [-0.2, -0.15) is 0 Å². The maximum Gasteiger partial charge on any atom is 0.356 e. The number of aromatic nitrogens is 3. The van der Waals surface area contributed by atoms with Crippen LogP contribution in [0.1, 0.15) is 10.5 Å². The van der Waals surface area contributed by atoms with Gasteiger partial charge >= 0.3 is 5.97 Å². The van der Waals surface area contributed by atoms with E-state index in [9.17, 15) is 4.79 Å². The van der Waals surface area contributed by atoms with Crippen molar-refractivity contribution in [2.24, 2.45) is 0 Å². The molecule has 3 rings (SSSR count). The molecule has 0 saturated carbocycles. The lowest BCUT2D eigenvalue weighted by molar-refractivity contribution is 0.0687. The highest BCUT2D eigenvalue weighted by Gasteiger charge is 2.17. The summed E-state index contributed by atoms with van der Waals surface area (Å²) in [5.74, 6) is 0.104. The Morgan fingerprint density at radius 2 is 2.18 bits per heavy atom. The van der Waals surface area contributed by atoms with Gasteiger partial charge in [-0.15, -0.1) is 5.10 Å². The molecular formula is C10H7N3O4. The van der Waals surface area contributed by atoms with Gasteiger partial charge in [-0.05, 0) is 12.1 Å². The van der Waals surface area contributed by atoms with Crippen molar-refractivity contribution in [2.45, 2.75) is 0 Å². The second-order valence-corrected chi connectivity index (χ2v) is 3.37. The van der Waals surface area contributed by atoms with Crippen molar-refractivity contribution in [3.63, 3.8) is 0 Å². The molecule has 0 bridgehead atoms. The van der Waals surface area contributed by atoms with E-state index in [2.05, 4.69) is 10.3 Å². The van der Waals surface area contributed by atoms with Crippen LogP contribution in [0.5, 0.6) is 11.5 Å². The minimum atomic E-state index is -1.09. The van der Waals surface area contributed by atoms with E-state index in [0.717, 1.165) is 0 Å². The molecule has 0 unspecified atom stereocenters. The number of nitrogens with zero attached hydrogens (tertiary/aromatic N) is 3. The van der Waals surface area contributed by atoms with Crippen molar-refractivity contribution >= 4 is 5.97 Å². The van der Waals surface area contributed by atoms with Crippen molar-refractivity contribution in [3.8, 4) is 17.2 Å². The van der Waals surface area contributed by atoms with Gasteiger partial charge in [0, 0.05) is 6.07 Å². The summed E-state index contributed by atoms with van der Waals surface area (Å²) in [6, 6.07) is 5.04. The first-order chi connectivity index (χ1) is 8.25. The molecule has 2 aromatic rings. The Kier molecular flexibility index (Phi) is 1.97. The molecule has 0 saturated heterocycles. The Hall–Kier alpha value is -2.57. The Bertz CT molecular complexity index is 593. The molecule has 1 aromatic carbocycles. The lowest BCUT2D eigenvalue weighted by atomic mass is 10.2. The lowest BCUT2D eigenvalue weighted by Crippen LogP contribution is -2.07. The van der Waals surface area contributed by atoms with Gasteiger partial charge in [-0.3, -0.25) is 0 Å². The molecule has 1 N–H and O–H groups in total. The molecular weight excluding hydrogens is 226 g/mol. The van der Waals surface area contributed by atoms with Gasteiger partial charge in [0.1, 0.15) is 0 Å². The number of ether oxygens (including phenoxy) is 2. The Morgan fingerprint density at radius 3 is 3.00 bits per heavy atom. The van der Waals surface area contributed by atoms with Crippen molar-refractivity contribution in [3.05, 3.63) is 30.1 Å². The SMILES string of the molecule is O=C(O)c1cnnn1-c1ccc2c(c1)OCO2. The number of carbonyl (C=O) groups is 1. The van der Waals surface area contributed by atoms with Crippen LogP contribution in [0.4, 0.5) is 0 Å². The number of carboxylic acids is 1. The molecule has 0 aliphatic carbocycles. The third-order valence-electron chi connectivity index (χ3n) is 2.37. The molecule has 0 spiro atoms. The standard InChI is InChI=1S/C10H7N3O4/c14-10(15)7-4-11-12-13(7)6-1-2-8-9(3-6)17-5-16-8/h1-4H,5H2,(H,14,15). The Labute approximate surface area is 95.2 Å². The van der Waals surface area contributed by atoms with Gasteiger partial charge in [0.2, 0.25) is 6.79 Å². The highest BCUT2D eigenvalue weighted by molar-refractivity contribution is 5.85. The topological polar surface area (TPSA) is 86.5 Å². The van der Waals surface area contributed by atoms with Crippen molar-refractivity contribution in [1.29, 1.82) is 0 Å². The van der Waals surface area contributed by atoms with E-state index in [1.54, 1.807) is 18.2 Å². The van der Waals surface area contributed by atoms with Crippen LogP contribution in [-0.4, -0.2) is 32.9 Å². The van der Waals surface area contributed by atoms with E-state index >= 15 is 0 Å². The zero-order valence-corrected chi connectivity index (χ0v) is 8.53. The number of hydrogen-bond acceptors (Lipinski definition) is 5. The molecule has 0 fully saturated rings. The lowest BCUT2D eigenvalue weighted by Gasteiger charge is -2.03. The van der Waals surface area contributed by atoms with Crippen LogP contribution < -0.4 is 9.47 Å². The van der Waals surface area contributed by atoms with Crippen LogP contribution in [0.25, 0.3) is 5.69 Å². The van der Waals surface area contributed by atoms with Gasteiger partial charge < -0.3 is 14.6 Å². The van der Waals surface area contributed by atoms with Crippen LogP contribution >= 0.6 is 0 Å². The summed E-state index contributed by atoms with van der Waals surface area (Å²) in [6.07, 6.45) is 1.19. The summed E-state index contributed by atoms with van der Waals surface area (Å²) in [7, 11) is 0. The van der Waals surface area contributed by atoms with Crippen LogP contribution in [0.2, 0.25) is 0 Å². The summed E-state index contributed by atoms with van der Waals surface area (Å²) in [5, 5.41) is 16.2. The number of carboxylic acid groups (broad SMARTS) is 1. The van der Waals surface area contributed by atoms with E-state index in [4.69, 9.17) is 14.6 Å². The van der Waals surface area contributed by atoms with Gasteiger partial charge in [0.15, 0.2) is 17.2 Å². The predicted molar refractivity (Wildman–Crippen MR) is 54.4 cm³/mol. The van der Waals surface area contributed by atoms with Gasteiger partial charge in [0.05, 0.1) is 11.9 Å². The van der Waals surface area contributed by atoms with Crippen molar-refractivity contribution < 1.29 is 19.4 Å². The molecule has 1 aromatic heterocycles. The van der Waals surface area contributed by atoms with E-state index in [0.29, 0.717) is 17.2 Å². The summed E-state index contributed by atoms with van der Waals surface area (Å²) in [4.78, 5) is 10.9. The Balaban J connectivity index is 2.09. The first-order valence-electron chi connectivity index (χ1n) is 4.80. The fourth-order valence-electron chi connectivity index (χ4n) is 1.59. The smallest absolute Gasteiger partial charge is 0.356 e. The molecule has 1 aliphatic heterocycles. The zero-order chi connectivity index (χ0) is 11.8. The largest absolute Gasteiger partial charge is 0.476 e. The minimum Gasteiger partial charge on any atom is -0.476 e. The maximum absolute atomic E-state index is 10.9. The van der Waals surface area contributed by atoms with E-state index < -0.39 is 5.97 Å². The molecule has 7 nitrogen and oxygen atoms in total. The normalized spacial score (nSPS) is 12.7. The van der Waals surface area contributed by atoms with E-state index in [1.165, 1.54) is 10.9 Å². The summed E-state index contributed by atoms with van der Waals surface area (Å²) in [5.41, 5.74) is 0.549. The Morgan fingerprint density at radius 1 is 1.35 bits per heavy atom. The van der Waals surface area contributed by atoms with Gasteiger partial charge in [-0.25, -0.2) is 9.48 Å². The van der Waals surface area contributed by atoms with Crippen LogP contribution in [0.3, 0.4) is 0 Å². The number of fused-ring (bicyclic) bond motifs is 1. The molecule has 7 heteroatoms. The first kappa shape index (κ1) is 9.64. The molecule has 1 aliphatic rings. The number of rotatable bonds is 2. The number of aromatic carboxylic acids is 1. The molecule has 17 heavy (non-hydrogen) atoms. The third kappa shape index (κ3) is 1.48. The molecule has 2 heterocycles. The maximum atomic E-state index is 10.9. The first-order valence-corrected chi connectivity index (χ1v) is 4.80. The minimum absolute atomic E-state index is 0.0103. The summed E-state index contributed by atoms with van der Waals surface area (Å²) in [6.45, 7) is 0.169. The summed E-state index contributed by atoms with van der Waals surface area (Å²) >= 11 is 0. The van der Waals surface area contributed by atoms with Crippen LogP contribution in [0.15, 0.2) is 24.4 Å². The fourth-order valence-corrected chi connectivity index (χ4v) is 1.59. The zero-order valence-electron chi connectivity index (χ0n) is 8.53. The van der Waals surface area contributed by atoms with Crippen molar-refractivity contribution in [2.75, 3.05) is 6.79 Å². The number of benzene rings is 1. The quantitative estimate of drug-likeness (QED) is 0.821. The average molecular weight is 233 g/mol. The van der Waals surface area contributed by atoms with E-state index in [1.807, 2.05) is 0 Å². The van der Waals surface area contributed by atoms with Crippen LogP contribution in [0, 0.1) is 0 Å². The van der Waals surface area contributed by atoms with Gasteiger partial charge in [0.25, 0.3) is 0 Å². The van der Waals surface area contributed by atoms with E-state index in [-0.39, 0.29) is 12.5 Å². The van der Waals surface area contributed by atoms with Crippen LogP contribution in [-0.2, 0) is 0 Å². The predicted octanol–water partition coefficient (Wildman–Crippen LogP) is 0.694. The molecule has 0 amide bonds. The average Bonchev–Trinajstić information content (AvgIpc) is 2.96.